The van der Waals surface area contributed by atoms with Crippen LogP contribution in [0.15, 0.2) is 279 Å². The first-order valence-electron chi connectivity index (χ1n) is 23.3. The summed E-state index contributed by atoms with van der Waals surface area (Å²) >= 11 is 0. The van der Waals surface area contributed by atoms with Crippen molar-refractivity contribution in [2.75, 3.05) is 4.90 Å². The van der Waals surface area contributed by atoms with Gasteiger partial charge in [0, 0.05) is 33.4 Å². The van der Waals surface area contributed by atoms with Gasteiger partial charge in [-0.15, -0.1) is 0 Å². The van der Waals surface area contributed by atoms with Crippen LogP contribution in [0.1, 0.15) is 0 Å². The molecule has 0 N–H and O–H groups in total. The molecule has 1 aromatic heterocycles. The third-order valence-corrected chi connectivity index (χ3v) is 13.2. The van der Waals surface area contributed by atoms with Crippen LogP contribution in [0.4, 0.5) is 17.1 Å². The van der Waals surface area contributed by atoms with E-state index in [4.69, 9.17) is 0 Å². The summed E-state index contributed by atoms with van der Waals surface area (Å²) in [6.45, 7) is 0. The van der Waals surface area contributed by atoms with Gasteiger partial charge in [-0.2, -0.15) is 0 Å². The molecule has 1 heterocycles. The molecule has 0 fully saturated rings. The second-order valence-electron chi connectivity index (χ2n) is 17.2. The Balaban J connectivity index is 1.11. The lowest BCUT2D eigenvalue weighted by molar-refractivity contribution is 1.18. The summed E-state index contributed by atoms with van der Waals surface area (Å²) in [4.78, 5) is 2.42. The van der Waals surface area contributed by atoms with Crippen LogP contribution in [-0.4, -0.2) is 4.57 Å². The lowest BCUT2D eigenvalue weighted by atomic mass is 9.86. The van der Waals surface area contributed by atoms with Crippen LogP contribution in [-0.2, 0) is 0 Å². The molecule has 0 atom stereocenters. The van der Waals surface area contributed by atoms with Crippen LogP contribution < -0.4 is 4.90 Å². The molecule has 0 saturated carbocycles. The summed E-state index contributed by atoms with van der Waals surface area (Å²) in [5, 5.41) is 2.41. The van der Waals surface area contributed by atoms with E-state index in [9.17, 15) is 0 Å². The third kappa shape index (κ3) is 7.45. The minimum Gasteiger partial charge on any atom is -0.310 e. The van der Waals surface area contributed by atoms with Gasteiger partial charge in [0.15, 0.2) is 0 Å². The lowest BCUT2D eigenvalue weighted by Crippen LogP contribution is -2.10. The van der Waals surface area contributed by atoms with E-state index in [1.807, 2.05) is 0 Å². The fourth-order valence-corrected chi connectivity index (χ4v) is 10.1. The Hall–Kier alpha value is -8.98. The Labute approximate surface area is 397 Å². The summed E-state index contributed by atoms with van der Waals surface area (Å²) in [5.74, 6) is 0. The standard InChI is InChI=1S/C66H46N2/c1-6-22-47(23-7-1)51-38-41-57(50-28-12-4-13-29-50)65(44-51)68-64-37-21-20-36-61(64)62-43-40-54(46-66(62)68)67(52-30-14-5-15-31-52)53-39-42-60(58-34-18-16-32-55(58)48-24-8-2-9-25-48)63(45-53)59-35-19-17-33-56(59)49-26-10-3-11-27-49/h1-46H. The maximum atomic E-state index is 2.48. The molecular weight excluding hydrogens is 821 g/mol. The number of benzene rings is 11. The van der Waals surface area contributed by atoms with Crippen LogP contribution in [0.5, 0.6) is 0 Å². The average molecular weight is 867 g/mol. The van der Waals surface area contributed by atoms with E-state index in [0.29, 0.717) is 0 Å². The predicted molar refractivity (Wildman–Crippen MR) is 288 cm³/mol. The van der Waals surface area contributed by atoms with Gasteiger partial charge >= 0.3 is 0 Å². The van der Waals surface area contributed by atoms with E-state index in [2.05, 4.69) is 289 Å². The smallest absolute Gasteiger partial charge is 0.0562 e. The molecule has 12 aromatic rings. The van der Waals surface area contributed by atoms with Crippen molar-refractivity contribution in [1.82, 2.24) is 4.57 Å². The number of aromatic nitrogens is 1. The second-order valence-corrected chi connectivity index (χ2v) is 17.2. The predicted octanol–water partition coefficient (Wildman–Crippen LogP) is 18.3. The molecule has 320 valence electrons. The van der Waals surface area contributed by atoms with E-state index in [0.717, 1.165) is 39.3 Å². The molecule has 12 rings (SSSR count). The number of hydrogen-bond donors (Lipinski definition) is 0. The van der Waals surface area contributed by atoms with Gasteiger partial charge < -0.3 is 9.47 Å². The van der Waals surface area contributed by atoms with Crippen LogP contribution in [0.2, 0.25) is 0 Å². The maximum absolute atomic E-state index is 2.48. The highest BCUT2D eigenvalue weighted by molar-refractivity contribution is 6.11. The van der Waals surface area contributed by atoms with Gasteiger partial charge in [-0.25, -0.2) is 0 Å². The van der Waals surface area contributed by atoms with Crippen molar-refractivity contribution >= 4 is 38.9 Å². The fourth-order valence-electron chi connectivity index (χ4n) is 10.1. The summed E-state index contributed by atoms with van der Waals surface area (Å²) in [6, 6.07) is 101. The number of hydrogen-bond acceptors (Lipinski definition) is 1. The van der Waals surface area contributed by atoms with Crippen molar-refractivity contribution in [3.63, 3.8) is 0 Å². The van der Waals surface area contributed by atoms with E-state index >= 15 is 0 Å². The SMILES string of the molecule is c1ccc(-c2ccc(-c3ccccc3)c(-n3c4ccccc4c4ccc(N(c5ccccc5)c5ccc(-c6ccccc6-c6ccccc6)c(-c6ccccc6-c6ccccc6)c5)cc43)c2)cc1. The highest BCUT2D eigenvalue weighted by Gasteiger charge is 2.22. The van der Waals surface area contributed by atoms with E-state index < -0.39 is 0 Å². The maximum Gasteiger partial charge on any atom is 0.0562 e. The van der Waals surface area contributed by atoms with Crippen molar-refractivity contribution in [3.8, 4) is 72.4 Å². The van der Waals surface area contributed by atoms with Gasteiger partial charge in [0.05, 0.1) is 16.7 Å². The Morgan fingerprint density at radius 3 is 1.26 bits per heavy atom. The third-order valence-electron chi connectivity index (χ3n) is 13.2. The Kier molecular flexibility index (Phi) is 10.6. The lowest BCUT2D eigenvalue weighted by Gasteiger charge is -2.27. The van der Waals surface area contributed by atoms with Gasteiger partial charge in [0.2, 0.25) is 0 Å². The van der Waals surface area contributed by atoms with Gasteiger partial charge in [0.25, 0.3) is 0 Å². The largest absolute Gasteiger partial charge is 0.310 e. The Morgan fingerprint density at radius 2 is 0.647 bits per heavy atom. The number of nitrogens with zero attached hydrogens (tertiary/aromatic N) is 2. The zero-order chi connectivity index (χ0) is 45.2. The first kappa shape index (κ1) is 40.5. The van der Waals surface area contributed by atoms with Gasteiger partial charge in [-0.3, -0.25) is 0 Å². The van der Waals surface area contributed by atoms with Gasteiger partial charge in [-0.1, -0.05) is 231 Å². The van der Waals surface area contributed by atoms with Crippen LogP contribution in [0.3, 0.4) is 0 Å². The molecule has 0 aliphatic carbocycles. The first-order chi connectivity index (χ1) is 33.8. The number of rotatable bonds is 10. The minimum atomic E-state index is 1.06. The average Bonchev–Trinajstić information content (AvgIpc) is 3.75. The number of fused-ring (bicyclic) bond motifs is 3. The molecule has 0 radical (unpaired) electrons. The first-order valence-corrected chi connectivity index (χ1v) is 23.3. The minimum absolute atomic E-state index is 1.06. The zero-order valence-corrected chi connectivity index (χ0v) is 37.5. The Morgan fingerprint density at radius 1 is 0.221 bits per heavy atom. The second kappa shape index (κ2) is 17.8. The summed E-state index contributed by atoms with van der Waals surface area (Å²) in [7, 11) is 0. The normalized spacial score (nSPS) is 11.2. The monoisotopic (exact) mass is 866 g/mol. The molecule has 2 heteroatoms. The van der Waals surface area contributed by atoms with E-state index in [-0.39, 0.29) is 0 Å². The molecule has 0 bridgehead atoms. The zero-order valence-electron chi connectivity index (χ0n) is 37.5. The molecule has 0 unspecified atom stereocenters. The summed E-state index contributed by atoms with van der Waals surface area (Å²) in [5.41, 5.74) is 20.8. The molecule has 68 heavy (non-hydrogen) atoms. The molecule has 0 aliphatic rings. The van der Waals surface area contributed by atoms with Crippen molar-refractivity contribution in [3.05, 3.63) is 279 Å². The van der Waals surface area contributed by atoms with E-state index in [1.54, 1.807) is 0 Å². The van der Waals surface area contributed by atoms with Crippen molar-refractivity contribution < 1.29 is 0 Å². The molecule has 0 spiro atoms. The van der Waals surface area contributed by atoms with Gasteiger partial charge in [-0.05, 0) is 110 Å². The number of anilines is 3. The molecule has 0 amide bonds. The molecule has 2 nitrogen and oxygen atoms in total. The molecular formula is C66H46N2. The van der Waals surface area contributed by atoms with Crippen LogP contribution in [0, 0.1) is 0 Å². The quantitative estimate of drug-likeness (QED) is 0.133. The summed E-state index contributed by atoms with van der Waals surface area (Å²) in [6.07, 6.45) is 0. The van der Waals surface area contributed by atoms with Crippen molar-refractivity contribution in [2.45, 2.75) is 0 Å². The molecule has 11 aromatic carbocycles. The van der Waals surface area contributed by atoms with Crippen LogP contribution in [0.25, 0.3) is 94.3 Å². The van der Waals surface area contributed by atoms with Crippen molar-refractivity contribution in [2.24, 2.45) is 0 Å². The highest BCUT2D eigenvalue weighted by atomic mass is 15.1. The van der Waals surface area contributed by atoms with Crippen molar-refractivity contribution in [1.29, 1.82) is 0 Å². The van der Waals surface area contributed by atoms with E-state index in [1.165, 1.54) is 72.0 Å². The number of para-hydroxylation sites is 2. The summed E-state index contributed by atoms with van der Waals surface area (Å²) < 4.78 is 2.48. The molecule has 0 saturated heterocycles. The van der Waals surface area contributed by atoms with Gasteiger partial charge in [0.1, 0.15) is 0 Å². The fraction of sp³-hybridized carbons (Fsp3) is 0. The molecule has 0 aliphatic heterocycles. The Bertz CT molecular complexity index is 3710. The highest BCUT2D eigenvalue weighted by Crippen LogP contribution is 2.47. The van der Waals surface area contributed by atoms with Crippen LogP contribution >= 0.6 is 0 Å². The topological polar surface area (TPSA) is 8.17 Å².